The van der Waals surface area contributed by atoms with Gasteiger partial charge in [0.25, 0.3) is 15.9 Å². The van der Waals surface area contributed by atoms with Crippen molar-refractivity contribution in [2.24, 2.45) is 0 Å². The van der Waals surface area contributed by atoms with Gasteiger partial charge in [0, 0.05) is 30.5 Å². The molecule has 4 N–H and O–H groups in total. The number of hydrogen-bond donors (Lipinski definition) is 4. The molecule has 12 heteroatoms. The van der Waals surface area contributed by atoms with Crippen LogP contribution in [-0.4, -0.2) is 51.9 Å². The molecular weight excluding hydrogens is 468 g/mol. The lowest BCUT2D eigenvalue weighted by molar-refractivity contribution is 0.0943. The number of thiocarbonyl (C=S) groups is 1. The molecule has 1 saturated heterocycles. The number of nitrogens with one attached hydrogen (secondary N) is 4. The van der Waals surface area contributed by atoms with Crippen LogP contribution in [0.1, 0.15) is 23.2 Å². The van der Waals surface area contributed by atoms with Crippen LogP contribution in [0, 0.1) is 0 Å². The zero-order valence-electron chi connectivity index (χ0n) is 17.6. The molecule has 2 aromatic carbocycles. The highest BCUT2D eigenvalue weighted by atomic mass is 32.2. The Morgan fingerprint density at radius 3 is 2.48 bits per heavy atom. The molecule has 2 aliphatic rings. The average Bonchev–Trinajstić information content (AvgIpc) is 3.35. The van der Waals surface area contributed by atoms with Crippen LogP contribution in [0.5, 0.6) is 11.5 Å². The largest absolute Gasteiger partial charge is 0.486 e. The number of hydrogen-bond acceptors (Lipinski definition) is 7. The summed E-state index contributed by atoms with van der Waals surface area (Å²) in [4.78, 5) is 12.4. The van der Waals surface area contributed by atoms with Gasteiger partial charge in [-0.1, -0.05) is 0 Å². The molecular formula is C21H24N4O6S2. The highest BCUT2D eigenvalue weighted by Gasteiger charge is 2.20. The third-order valence-electron chi connectivity index (χ3n) is 5.03. The van der Waals surface area contributed by atoms with E-state index in [1.54, 1.807) is 6.07 Å². The maximum atomic E-state index is 12.7. The van der Waals surface area contributed by atoms with Crippen molar-refractivity contribution in [3.8, 4) is 11.5 Å². The summed E-state index contributed by atoms with van der Waals surface area (Å²) in [6.07, 6.45) is 2.14. The fraction of sp³-hybridized carbons (Fsp3) is 0.333. The van der Waals surface area contributed by atoms with Gasteiger partial charge in [-0.2, -0.15) is 0 Å². The van der Waals surface area contributed by atoms with Crippen LogP contribution in [0.25, 0.3) is 0 Å². The summed E-state index contributed by atoms with van der Waals surface area (Å²) in [5, 5.41) is 3.27. The molecule has 0 aliphatic carbocycles. The van der Waals surface area contributed by atoms with Crippen LogP contribution >= 0.6 is 12.2 Å². The summed E-state index contributed by atoms with van der Waals surface area (Å²) >= 11 is 5.14. The van der Waals surface area contributed by atoms with Gasteiger partial charge in [-0.3, -0.25) is 20.4 Å². The summed E-state index contributed by atoms with van der Waals surface area (Å²) in [6.45, 7) is 2.11. The van der Waals surface area contributed by atoms with E-state index >= 15 is 0 Å². The first-order chi connectivity index (χ1) is 15.9. The first-order valence-corrected chi connectivity index (χ1v) is 12.3. The Kier molecular flexibility index (Phi) is 7.16. The number of fused-ring (bicyclic) bond motifs is 1. The van der Waals surface area contributed by atoms with Crippen LogP contribution in [-0.2, 0) is 14.8 Å². The van der Waals surface area contributed by atoms with Gasteiger partial charge in [-0.15, -0.1) is 0 Å². The molecule has 176 valence electrons. The molecule has 0 radical (unpaired) electrons. The van der Waals surface area contributed by atoms with E-state index in [9.17, 15) is 13.2 Å². The Hall–Kier alpha value is -3.09. The number of ether oxygens (including phenoxy) is 3. The van der Waals surface area contributed by atoms with E-state index in [-0.39, 0.29) is 16.1 Å². The van der Waals surface area contributed by atoms with E-state index in [0.29, 0.717) is 42.5 Å². The second-order valence-corrected chi connectivity index (χ2v) is 9.50. The van der Waals surface area contributed by atoms with Crippen molar-refractivity contribution in [1.82, 2.24) is 16.2 Å². The smallest absolute Gasteiger partial charge is 0.269 e. The van der Waals surface area contributed by atoms with Crippen molar-refractivity contribution in [1.29, 1.82) is 0 Å². The summed E-state index contributed by atoms with van der Waals surface area (Å²) < 4.78 is 44.3. The van der Waals surface area contributed by atoms with Gasteiger partial charge < -0.3 is 19.5 Å². The van der Waals surface area contributed by atoms with Gasteiger partial charge in [0.15, 0.2) is 16.6 Å². The van der Waals surface area contributed by atoms with E-state index in [4.69, 9.17) is 26.4 Å². The molecule has 2 aliphatic heterocycles. The molecule has 1 fully saturated rings. The minimum absolute atomic E-state index is 0.0433. The Morgan fingerprint density at radius 1 is 1.00 bits per heavy atom. The second-order valence-electron chi connectivity index (χ2n) is 7.41. The molecule has 2 heterocycles. The van der Waals surface area contributed by atoms with Crippen LogP contribution in [0.2, 0.25) is 0 Å². The Labute approximate surface area is 197 Å². The lowest BCUT2D eigenvalue weighted by Crippen LogP contribution is -2.48. The number of carbonyl (C=O) groups is 1. The lowest BCUT2D eigenvalue weighted by atomic mass is 10.2. The summed E-state index contributed by atoms with van der Waals surface area (Å²) in [5.74, 6) is 0.468. The number of anilines is 1. The normalized spacial score (nSPS) is 17.2. The van der Waals surface area contributed by atoms with Crippen LogP contribution in [0.4, 0.5) is 5.69 Å². The van der Waals surface area contributed by atoms with Crippen molar-refractivity contribution in [2.45, 2.75) is 23.8 Å². The van der Waals surface area contributed by atoms with Crippen LogP contribution < -0.4 is 30.4 Å². The van der Waals surface area contributed by atoms with Crippen molar-refractivity contribution >= 4 is 38.9 Å². The van der Waals surface area contributed by atoms with Gasteiger partial charge in [0.1, 0.15) is 13.2 Å². The predicted molar refractivity (Wildman–Crippen MR) is 125 cm³/mol. The number of rotatable bonds is 6. The number of sulfonamides is 1. The van der Waals surface area contributed by atoms with Gasteiger partial charge >= 0.3 is 0 Å². The fourth-order valence-corrected chi connectivity index (χ4v) is 4.54. The van der Waals surface area contributed by atoms with Crippen molar-refractivity contribution in [2.75, 3.05) is 31.1 Å². The maximum Gasteiger partial charge on any atom is 0.269 e. The van der Waals surface area contributed by atoms with Crippen molar-refractivity contribution in [3.05, 3.63) is 48.0 Å². The van der Waals surface area contributed by atoms with Gasteiger partial charge in [0.2, 0.25) is 0 Å². The second kappa shape index (κ2) is 10.2. The van der Waals surface area contributed by atoms with Gasteiger partial charge in [0.05, 0.1) is 11.0 Å². The van der Waals surface area contributed by atoms with Crippen molar-refractivity contribution < 1.29 is 27.4 Å². The minimum Gasteiger partial charge on any atom is -0.486 e. The van der Waals surface area contributed by atoms with E-state index in [0.717, 1.165) is 19.4 Å². The number of carbonyl (C=O) groups excluding carboxylic acids is 1. The Balaban J connectivity index is 1.30. The lowest BCUT2D eigenvalue weighted by Gasteiger charge is -2.19. The standard InChI is InChI=1S/C21H24N4O6S2/c26-20(23-24-21(32)22-13-16-2-1-9-29-16)14-3-5-15(6-4-14)25-33(27,28)17-7-8-18-19(12-17)31-11-10-30-18/h3-8,12,16,25H,1-2,9-11,13H2,(H,23,26)(H2,22,24,32)/t16-/m0/s1. The van der Waals surface area contributed by atoms with Gasteiger partial charge in [-0.05, 0) is 61.5 Å². The third-order valence-corrected chi connectivity index (χ3v) is 6.65. The Morgan fingerprint density at radius 2 is 1.76 bits per heavy atom. The molecule has 4 rings (SSSR count). The molecule has 0 bridgehead atoms. The monoisotopic (exact) mass is 492 g/mol. The molecule has 0 spiro atoms. The minimum atomic E-state index is -3.85. The molecule has 0 unspecified atom stereocenters. The molecule has 2 aromatic rings. The molecule has 0 aromatic heterocycles. The highest BCUT2D eigenvalue weighted by molar-refractivity contribution is 7.92. The maximum absolute atomic E-state index is 12.7. The zero-order valence-corrected chi connectivity index (χ0v) is 19.3. The molecule has 33 heavy (non-hydrogen) atoms. The zero-order chi connectivity index (χ0) is 23.3. The van der Waals surface area contributed by atoms with E-state index in [2.05, 4.69) is 20.9 Å². The number of hydrazine groups is 1. The number of amides is 1. The SMILES string of the molecule is O=C(NNC(=S)NC[C@@H]1CCCO1)c1ccc(NS(=O)(=O)c2ccc3c(c2)OCCO3)cc1. The first kappa shape index (κ1) is 23.1. The van der Waals surface area contributed by atoms with E-state index in [1.165, 1.54) is 36.4 Å². The molecule has 1 atom stereocenters. The molecule has 1 amide bonds. The van der Waals surface area contributed by atoms with E-state index in [1.807, 2.05) is 0 Å². The van der Waals surface area contributed by atoms with E-state index < -0.39 is 15.9 Å². The summed E-state index contributed by atoms with van der Waals surface area (Å²) in [7, 11) is -3.85. The summed E-state index contributed by atoms with van der Waals surface area (Å²) in [6, 6.07) is 10.4. The molecule has 0 saturated carbocycles. The third kappa shape index (κ3) is 6.03. The topological polar surface area (TPSA) is 127 Å². The fourth-order valence-electron chi connectivity index (χ4n) is 3.34. The average molecular weight is 493 g/mol. The van der Waals surface area contributed by atoms with Gasteiger partial charge in [-0.25, -0.2) is 8.42 Å². The quantitative estimate of drug-likeness (QED) is 0.351. The van der Waals surface area contributed by atoms with Crippen LogP contribution in [0.3, 0.4) is 0 Å². The number of benzene rings is 2. The van der Waals surface area contributed by atoms with Crippen LogP contribution in [0.15, 0.2) is 47.4 Å². The molecule has 10 nitrogen and oxygen atoms in total. The highest BCUT2D eigenvalue weighted by Crippen LogP contribution is 2.32. The Bertz CT molecular complexity index is 1120. The predicted octanol–water partition coefficient (Wildman–Crippen LogP) is 1.55. The first-order valence-electron chi connectivity index (χ1n) is 10.4. The van der Waals surface area contributed by atoms with Crippen molar-refractivity contribution in [3.63, 3.8) is 0 Å². The summed E-state index contributed by atoms with van der Waals surface area (Å²) in [5.41, 5.74) is 5.77.